The average Bonchev–Trinajstić information content (AvgIpc) is 4.14. The Morgan fingerprint density at radius 1 is 1.00 bits per heavy atom. The predicted octanol–water partition coefficient (Wildman–Crippen LogP) is 7.81. The Labute approximate surface area is 359 Å². The van der Waals surface area contributed by atoms with Gasteiger partial charge in [-0.2, -0.15) is 18.2 Å². The maximum atomic E-state index is 14.9. The number of sulfonamides is 1. The van der Waals surface area contributed by atoms with Gasteiger partial charge in [0, 0.05) is 48.0 Å². The van der Waals surface area contributed by atoms with E-state index in [1.54, 1.807) is 30.3 Å². The Hall–Kier alpha value is -5.42. The Balaban J connectivity index is 1.07. The number of hydrogen-bond acceptors (Lipinski definition) is 11. The van der Waals surface area contributed by atoms with Crippen molar-refractivity contribution < 1.29 is 45.1 Å². The van der Waals surface area contributed by atoms with Crippen LogP contribution in [0.25, 0.3) is 33.5 Å². The molecule has 5 atom stereocenters. The SMILES string of the molecule is O=C1C[C@]2(C(=O)NS(=O)(=O)C3CC3)C[C@H]2/C=C\CCCCC[C@H](Cc2ccnc(Cl)n2)C(=O)N2C[C@H](Oc3nc(-c4ccc(C(F)(F)F)cc4)nc4c3oc3ccccc34)C[C@@H]12. The number of amides is 2. The number of ether oxygens (including phenoxy) is 1. The van der Waals surface area contributed by atoms with Crippen LogP contribution in [0.5, 0.6) is 5.88 Å². The maximum absolute atomic E-state index is 14.9. The molecule has 0 radical (unpaired) electrons. The van der Waals surface area contributed by atoms with Gasteiger partial charge in [0.15, 0.2) is 11.6 Å². The van der Waals surface area contributed by atoms with Gasteiger partial charge < -0.3 is 14.1 Å². The van der Waals surface area contributed by atoms with Gasteiger partial charge in [-0.15, -0.1) is 0 Å². The summed E-state index contributed by atoms with van der Waals surface area (Å²) in [7, 11) is -3.91. The van der Waals surface area contributed by atoms with Gasteiger partial charge in [0.05, 0.1) is 28.8 Å². The van der Waals surface area contributed by atoms with E-state index in [0.29, 0.717) is 47.9 Å². The van der Waals surface area contributed by atoms with Crippen molar-refractivity contribution in [2.24, 2.45) is 17.3 Å². The lowest BCUT2D eigenvalue weighted by Crippen LogP contribution is -2.46. The first-order chi connectivity index (χ1) is 29.7. The van der Waals surface area contributed by atoms with Crippen molar-refractivity contribution in [1.82, 2.24) is 29.6 Å². The summed E-state index contributed by atoms with van der Waals surface area (Å²) in [5, 5.41) is 0.00136. The van der Waals surface area contributed by atoms with Gasteiger partial charge >= 0.3 is 6.18 Å². The third-order valence-corrected chi connectivity index (χ3v) is 14.4. The minimum absolute atomic E-state index is 0.00343. The highest BCUT2D eigenvalue weighted by Crippen LogP contribution is 2.57. The summed E-state index contributed by atoms with van der Waals surface area (Å²) in [4.78, 5) is 62.7. The number of alkyl halides is 3. The number of carbonyl (C=O) groups excluding carboxylic acids is 3. The van der Waals surface area contributed by atoms with Crippen LogP contribution in [0.3, 0.4) is 0 Å². The van der Waals surface area contributed by atoms with Crippen molar-refractivity contribution in [3.63, 3.8) is 0 Å². The van der Waals surface area contributed by atoms with Crippen LogP contribution in [-0.2, 0) is 37.0 Å². The first-order valence-electron chi connectivity index (χ1n) is 20.8. The molecule has 1 N–H and O–H groups in total. The molecule has 0 spiro atoms. The van der Waals surface area contributed by atoms with E-state index in [4.69, 9.17) is 20.8 Å². The summed E-state index contributed by atoms with van der Waals surface area (Å²) in [5.74, 6) is -2.40. The Kier molecular flexibility index (Phi) is 11.1. The van der Waals surface area contributed by atoms with Crippen LogP contribution in [0.1, 0.15) is 75.5 Å². The summed E-state index contributed by atoms with van der Waals surface area (Å²) in [5.41, 5.74) is -0.333. The zero-order valence-corrected chi connectivity index (χ0v) is 34.9. The summed E-state index contributed by atoms with van der Waals surface area (Å²) in [6.45, 7) is -0.0593. The number of allylic oxidation sites excluding steroid dienone is 2. The van der Waals surface area contributed by atoms with E-state index < -0.39 is 62.2 Å². The van der Waals surface area contributed by atoms with Crippen LogP contribution in [0.4, 0.5) is 13.2 Å². The highest BCUT2D eigenvalue weighted by Gasteiger charge is 2.61. The number of ketones is 1. The Bertz CT molecular complexity index is 2710. The molecule has 9 rings (SSSR count). The van der Waals surface area contributed by atoms with Gasteiger partial charge in [0.1, 0.15) is 17.2 Å². The van der Waals surface area contributed by atoms with E-state index in [9.17, 15) is 36.0 Å². The molecule has 13 nitrogen and oxygen atoms in total. The number of hydrogen-bond donors (Lipinski definition) is 1. The molecule has 2 amide bonds. The molecule has 62 heavy (non-hydrogen) atoms. The minimum Gasteiger partial charge on any atom is -0.470 e. The van der Waals surface area contributed by atoms with E-state index in [-0.39, 0.29) is 72.2 Å². The topological polar surface area (TPSA) is 175 Å². The highest BCUT2D eigenvalue weighted by atomic mass is 35.5. The predicted molar refractivity (Wildman–Crippen MR) is 221 cm³/mol. The zero-order chi connectivity index (χ0) is 43.4. The first kappa shape index (κ1) is 41.9. The fraction of sp³-hybridized carbons (Fsp3) is 0.432. The van der Waals surface area contributed by atoms with Crippen molar-refractivity contribution in [3.05, 3.63) is 89.5 Å². The van der Waals surface area contributed by atoms with Crippen molar-refractivity contribution in [2.75, 3.05) is 6.54 Å². The second kappa shape index (κ2) is 16.4. The lowest BCUT2D eigenvalue weighted by atomic mass is 9.90. The number of nitrogens with zero attached hydrogens (tertiary/aromatic N) is 5. The number of rotatable bonds is 8. The second-order valence-corrected chi connectivity index (χ2v) is 19.1. The number of furan rings is 1. The number of para-hydroxylation sites is 1. The summed E-state index contributed by atoms with van der Waals surface area (Å²) in [6.07, 6.45) is 4.66. The van der Waals surface area contributed by atoms with Crippen molar-refractivity contribution in [1.29, 1.82) is 0 Å². The molecule has 2 aliphatic heterocycles. The van der Waals surface area contributed by atoms with E-state index in [1.165, 1.54) is 23.2 Å². The number of aromatic nitrogens is 4. The lowest BCUT2D eigenvalue weighted by molar-refractivity contribution is -0.142. The molecule has 0 unspecified atom stereocenters. The van der Waals surface area contributed by atoms with Gasteiger partial charge in [-0.1, -0.05) is 49.3 Å². The number of benzene rings is 2. The van der Waals surface area contributed by atoms with E-state index in [0.717, 1.165) is 31.4 Å². The molecule has 3 fully saturated rings. The van der Waals surface area contributed by atoms with Gasteiger partial charge in [-0.3, -0.25) is 19.1 Å². The molecule has 0 bridgehead atoms. The van der Waals surface area contributed by atoms with Crippen LogP contribution in [0.2, 0.25) is 5.28 Å². The quantitative estimate of drug-likeness (QED) is 0.119. The summed E-state index contributed by atoms with van der Waals surface area (Å²) < 4.78 is 81.4. The molecule has 4 aliphatic rings. The maximum Gasteiger partial charge on any atom is 0.416 e. The van der Waals surface area contributed by atoms with E-state index in [2.05, 4.69) is 24.7 Å². The fourth-order valence-corrected chi connectivity index (χ4v) is 10.3. The van der Waals surface area contributed by atoms with Gasteiger partial charge in [-0.25, -0.2) is 23.4 Å². The van der Waals surface area contributed by atoms with Gasteiger partial charge in [0.25, 0.3) is 5.88 Å². The fourth-order valence-electron chi connectivity index (χ4n) is 8.80. The van der Waals surface area contributed by atoms with Crippen LogP contribution < -0.4 is 9.46 Å². The van der Waals surface area contributed by atoms with E-state index in [1.807, 2.05) is 12.2 Å². The third kappa shape index (κ3) is 8.52. The first-order valence-corrected chi connectivity index (χ1v) is 22.7. The summed E-state index contributed by atoms with van der Waals surface area (Å²) in [6, 6.07) is 12.1. The van der Waals surface area contributed by atoms with Crippen molar-refractivity contribution >= 4 is 61.3 Å². The molecule has 3 aromatic heterocycles. The van der Waals surface area contributed by atoms with Crippen LogP contribution in [0.15, 0.2) is 77.4 Å². The normalized spacial score (nSPS) is 25.5. The van der Waals surface area contributed by atoms with Gasteiger partial charge in [0.2, 0.25) is 32.7 Å². The molecule has 2 aromatic carbocycles. The van der Waals surface area contributed by atoms with Crippen molar-refractivity contribution in [2.45, 2.75) is 94.2 Å². The number of carbonyl (C=O) groups is 3. The molecule has 18 heteroatoms. The standard InChI is InChI=1S/C44H42ClF3N6O7S/c45-42-49-19-18-29(50-42)20-26-8-4-2-1-3-5-9-28-22-43(28,41(57)53-62(58,59)31-16-17-31)23-34(55)33-21-30(24-54(33)40(26)56)60-39-37-36(32-10-6-7-11-35(32)61-37)51-38(52-39)25-12-14-27(15-13-25)44(46,47)48/h5-7,9-15,18-19,26,28,30-31,33H,1-4,8,16-17,20-24H2,(H,53,57)/b9-5-/t26-,28-,30-,33+,43-/m1/s1. The zero-order valence-electron chi connectivity index (χ0n) is 33.3. The Morgan fingerprint density at radius 2 is 1.79 bits per heavy atom. The minimum atomic E-state index is -4.55. The van der Waals surface area contributed by atoms with Crippen LogP contribution in [0, 0.1) is 17.3 Å². The van der Waals surface area contributed by atoms with Crippen LogP contribution in [-0.4, -0.2) is 74.8 Å². The van der Waals surface area contributed by atoms with Gasteiger partial charge in [-0.05, 0) is 86.4 Å². The largest absolute Gasteiger partial charge is 0.470 e. The smallest absolute Gasteiger partial charge is 0.416 e. The molecule has 2 aliphatic carbocycles. The number of Topliss-reactive ketones (excluding diaryl/α,β-unsaturated/α-hetero) is 1. The molecule has 5 aromatic rings. The third-order valence-electron chi connectivity index (χ3n) is 12.4. The number of fused-ring (bicyclic) bond motifs is 5. The average molecular weight is 891 g/mol. The molecule has 5 heterocycles. The molecule has 2 saturated carbocycles. The summed E-state index contributed by atoms with van der Waals surface area (Å²) >= 11 is 6.14. The molecular formula is C44H42ClF3N6O7S. The lowest BCUT2D eigenvalue weighted by Gasteiger charge is -2.29. The second-order valence-electron chi connectivity index (χ2n) is 16.8. The van der Waals surface area contributed by atoms with Crippen LogP contribution >= 0.6 is 11.6 Å². The molecule has 1 saturated heterocycles. The number of nitrogens with one attached hydrogen (secondary N) is 1. The monoisotopic (exact) mass is 890 g/mol. The highest BCUT2D eigenvalue weighted by molar-refractivity contribution is 7.90. The number of halogens is 4. The molecular weight excluding hydrogens is 849 g/mol. The Morgan fingerprint density at radius 3 is 2.55 bits per heavy atom. The van der Waals surface area contributed by atoms with Crippen molar-refractivity contribution in [3.8, 4) is 17.3 Å². The molecule has 324 valence electrons. The van der Waals surface area contributed by atoms with E-state index >= 15 is 0 Å².